The molecule has 2 rings (SSSR count). The SMILES string of the molecule is O=C(Nc1cccc(C(=O)O)c1O)c1csc(Br)c1. The second kappa shape index (κ2) is 5.41. The van der Waals surface area contributed by atoms with E-state index in [1.54, 1.807) is 11.4 Å². The second-order valence-corrected chi connectivity index (χ2v) is 5.89. The molecule has 1 amide bonds. The summed E-state index contributed by atoms with van der Waals surface area (Å²) in [6.45, 7) is 0. The summed E-state index contributed by atoms with van der Waals surface area (Å²) in [6, 6.07) is 5.77. The monoisotopic (exact) mass is 341 g/mol. The number of benzene rings is 1. The van der Waals surface area contributed by atoms with E-state index in [1.165, 1.54) is 29.5 Å². The van der Waals surface area contributed by atoms with E-state index in [0.717, 1.165) is 3.79 Å². The number of hydrogen-bond acceptors (Lipinski definition) is 4. The molecule has 0 radical (unpaired) electrons. The van der Waals surface area contributed by atoms with Crippen molar-refractivity contribution in [3.8, 4) is 5.75 Å². The van der Waals surface area contributed by atoms with Gasteiger partial charge >= 0.3 is 5.97 Å². The van der Waals surface area contributed by atoms with Crippen molar-refractivity contribution in [3.05, 3.63) is 44.6 Å². The molecule has 0 aliphatic rings. The van der Waals surface area contributed by atoms with Crippen LogP contribution in [0.3, 0.4) is 0 Å². The first-order valence-electron chi connectivity index (χ1n) is 5.09. The highest BCUT2D eigenvalue weighted by Gasteiger charge is 2.15. The number of carbonyl (C=O) groups is 2. The maximum absolute atomic E-state index is 11.9. The number of anilines is 1. The van der Waals surface area contributed by atoms with Crippen molar-refractivity contribution >= 4 is 44.8 Å². The van der Waals surface area contributed by atoms with E-state index in [9.17, 15) is 14.7 Å². The van der Waals surface area contributed by atoms with Crippen LogP contribution >= 0.6 is 27.3 Å². The third kappa shape index (κ3) is 2.94. The van der Waals surface area contributed by atoms with Gasteiger partial charge in [0.2, 0.25) is 0 Å². The van der Waals surface area contributed by atoms with E-state index in [1.807, 2.05) is 0 Å². The quantitative estimate of drug-likeness (QED) is 0.748. The Morgan fingerprint density at radius 3 is 2.63 bits per heavy atom. The number of halogens is 1. The average Bonchev–Trinajstić information content (AvgIpc) is 2.78. The maximum atomic E-state index is 11.9. The zero-order chi connectivity index (χ0) is 14.0. The van der Waals surface area contributed by atoms with Gasteiger partial charge in [0, 0.05) is 5.38 Å². The lowest BCUT2D eigenvalue weighted by Gasteiger charge is -2.08. The molecule has 7 heteroatoms. The van der Waals surface area contributed by atoms with E-state index in [2.05, 4.69) is 21.2 Å². The number of rotatable bonds is 3. The molecule has 1 aromatic heterocycles. The van der Waals surface area contributed by atoms with Crippen LogP contribution in [0.4, 0.5) is 5.69 Å². The topological polar surface area (TPSA) is 86.6 Å². The molecular formula is C12H8BrNO4S. The number of thiophene rings is 1. The summed E-state index contributed by atoms with van der Waals surface area (Å²) in [7, 11) is 0. The minimum Gasteiger partial charge on any atom is -0.505 e. The Hall–Kier alpha value is -1.86. The fourth-order valence-corrected chi connectivity index (χ4v) is 2.58. The van der Waals surface area contributed by atoms with Gasteiger partial charge in [0.05, 0.1) is 15.0 Å². The summed E-state index contributed by atoms with van der Waals surface area (Å²) in [4.78, 5) is 22.7. The first kappa shape index (κ1) is 13.6. The molecule has 2 aromatic rings. The van der Waals surface area contributed by atoms with Crippen LogP contribution in [-0.2, 0) is 0 Å². The minimum atomic E-state index is -1.26. The van der Waals surface area contributed by atoms with Gasteiger partial charge in [0.1, 0.15) is 5.56 Å². The van der Waals surface area contributed by atoms with Crippen molar-refractivity contribution in [3.63, 3.8) is 0 Å². The summed E-state index contributed by atoms with van der Waals surface area (Å²) >= 11 is 4.60. The molecule has 0 bridgehead atoms. The lowest BCUT2D eigenvalue weighted by Crippen LogP contribution is -2.11. The summed E-state index contributed by atoms with van der Waals surface area (Å²) in [5.41, 5.74) is 0.230. The van der Waals surface area contributed by atoms with Crippen LogP contribution in [0.5, 0.6) is 5.75 Å². The van der Waals surface area contributed by atoms with Crippen molar-refractivity contribution in [2.45, 2.75) is 0 Å². The molecule has 0 fully saturated rings. The molecule has 5 nitrogen and oxygen atoms in total. The van der Waals surface area contributed by atoms with Crippen molar-refractivity contribution in [2.24, 2.45) is 0 Å². The Kier molecular flexibility index (Phi) is 3.87. The highest BCUT2D eigenvalue weighted by Crippen LogP contribution is 2.28. The Morgan fingerprint density at radius 2 is 2.05 bits per heavy atom. The number of carboxylic acids is 1. The van der Waals surface area contributed by atoms with Gasteiger partial charge in [-0.3, -0.25) is 4.79 Å². The van der Waals surface area contributed by atoms with Crippen LogP contribution in [0.15, 0.2) is 33.4 Å². The number of aromatic carboxylic acids is 1. The van der Waals surface area contributed by atoms with Crippen LogP contribution in [0, 0.1) is 0 Å². The molecule has 0 unspecified atom stereocenters. The normalized spacial score (nSPS) is 10.2. The lowest BCUT2D eigenvalue weighted by atomic mass is 10.1. The van der Waals surface area contributed by atoms with E-state index < -0.39 is 17.6 Å². The molecule has 0 aliphatic heterocycles. The highest BCUT2D eigenvalue weighted by atomic mass is 79.9. The van der Waals surface area contributed by atoms with Gasteiger partial charge < -0.3 is 15.5 Å². The zero-order valence-electron chi connectivity index (χ0n) is 9.38. The Balaban J connectivity index is 2.27. The van der Waals surface area contributed by atoms with E-state index in [0.29, 0.717) is 5.56 Å². The molecule has 1 heterocycles. The molecular weight excluding hydrogens is 334 g/mol. The van der Waals surface area contributed by atoms with E-state index >= 15 is 0 Å². The number of amides is 1. The van der Waals surface area contributed by atoms with Gasteiger partial charge in [-0.25, -0.2) is 4.79 Å². The predicted octanol–water partition coefficient (Wildman–Crippen LogP) is 3.17. The van der Waals surface area contributed by atoms with Gasteiger partial charge in [-0.15, -0.1) is 11.3 Å². The molecule has 98 valence electrons. The smallest absolute Gasteiger partial charge is 0.339 e. The fourth-order valence-electron chi connectivity index (χ4n) is 1.44. The number of phenols is 1. The van der Waals surface area contributed by atoms with Crippen LogP contribution in [0.1, 0.15) is 20.7 Å². The largest absolute Gasteiger partial charge is 0.505 e. The zero-order valence-corrected chi connectivity index (χ0v) is 11.8. The summed E-state index contributed by atoms with van der Waals surface area (Å²) in [6.07, 6.45) is 0. The van der Waals surface area contributed by atoms with Crippen molar-refractivity contribution in [1.82, 2.24) is 0 Å². The van der Waals surface area contributed by atoms with Gasteiger partial charge in [-0.05, 0) is 34.1 Å². The Labute approximate surface area is 120 Å². The first-order chi connectivity index (χ1) is 8.99. The number of nitrogens with one attached hydrogen (secondary N) is 1. The van der Waals surface area contributed by atoms with E-state index in [-0.39, 0.29) is 11.3 Å². The molecule has 0 saturated carbocycles. The fraction of sp³-hybridized carbons (Fsp3) is 0. The summed E-state index contributed by atoms with van der Waals surface area (Å²) in [5, 5.41) is 22.7. The van der Waals surface area contributed by atoms with Crippen LogP contribution in [-0.4, -0.2) is 22.1 Å². The average molecular weight is 342 g/mol. The minimum absolute atomic E-state index is 0.0622. The Morgan fingerprint density at radius 1 is 1.32 bits per heavy atom. The van der Waals surface area contributed by atoms with Crippen molar-refractivity contribution in [1.29, 1.82) is 0 Å². The maximum Gasteiger partial charge on any atom is 0.339 e. The summed E-state index contributed by atoms with van der Waals surface area (Å²) in [5.74, 6) is -2.13. The third-order valence-electron chi connectivity index (χ3n) is 2.34. The standard InChI is InChI=1S/C12H8BrNO4S/c13-9-4-6(5-19-9)11(16)14-8-3-1-2-7(10(8)15)12(17)18/h1-5,15H,(H,14,16)(H,17,18). The lowest BCUT2D eigenvalue weighted by molar-refractivity contribution is 0.0693. The number of carboxylic acid groups (broad SMARTS) is 1. The number of hydrogen-bond donors (Lipinski definition) is 3. The van der Waals surface area contributed by atoms with Crippen LogP contribution < -0.4 is 5.32 Å². The van der Waals surface area contributed by atoms with Crippen LogP contribution in [0.25, 0.3) is 0 Å². The number of carbonyl (C=O) groups excluding carboxylic acids is 1. The van der Waals surface area contributed by atoms with Gasteiger partial charge in [0.25, 0.3) is 5.91 Å². The van der Waals surface area contributed by atoms with E-state index in [4.69, 9.17) is 5.11 Å². The molecule has 0 saturated heterocycles. The molecule has 0 atom stereocenters. The Bertz CT molecular complexity index is 653. The summed E-state index contributed by atoms with van der Waals surface area (Å²) < 4.78 is 0.807. The third-order valence-corrected chi connectivity index (χ3v) is 3.85. The number of aromatic hydroxyl groups is 1. The molecule has 3 N–H and O–H groups in total. The van der Waals surface area contributed by atoms with Gasteiger partial charge in [-0.2, -0.15) is 0 Å². The molecule has 19 heavy (non-hydrogen) atoms. The van der Waals surface area contributed by atoms with Crippen molar-refractivity contribution in [2.75, 3.05) is 5.32 Å². The number of para-hydroxylation sites is 1. The van der Waals surface area contributed by atoms with Gasteiger partial charge in [0.15, 0.2) is 5.75 Å². The molecule has 0 spiro atoms. The highest BCUT2D eigenvalue weighted by molar-refractivity contribution is 9.11. The first-order valence-corrected chi connectivity index (χ1v) is 6.77. The second-order valence-electron chi connectivity index (χ2n) is 3.60. The molecule has 1 aromatic carbocycles. The van der Waals surface area contributed by atoms with Gasteiger partial charge in [-0.1, -0.05) is 6.07 Å². The van der Waals surface area contributed by atoms with Crippen LogP contribution in [0.2, 0.25) is 0 Å². The van der Waals surface area contributed by atoms with Crippen molar-refractivity contribution < 1.29 is 19.8 Å². The molecule has 0 aliphatic carbocycles. The predicted molar refractivity (Wildman–Crippen MR) is 75.0 cm³/mol.